The van der Waals surface area contributed by atoms with Crippen LogP contribution in [0.15, 0.2) is 77.3 Å². The minimum absolute atomic E-state index is 0.0670. The summed E-state index contributed by atoms with van der Waals surface area (Å²) in [4.78, 5) is 14.4. The summed E-state index contributed by atoms with van der Waals surface area (Å²) in [5.41, 5.74) is 7.19. The highest BCUT2D eigenvalue weighted by molar-refractivity contribution is 6.08. The summed E-state index contributed by atoms with van der Waals surface area (Å²) in [6.07, 6.45) is 1.88. The second kappa shape index (κ2) is 7.01. The molecule has 0 atom stereocenters. The minimum atomic E-state index is -0.0670. The van der Waals surface area contributed by atoms with Crippen LogP contribution in [0.5, 0.6) is 0 Å². The first-order chi connectivity index (χ1) is 15.9. The zero-order valence-electron chi connectivity index (χ0n) is 19.1. The number of fused-ring (bicyclic) bond motifs is 4. The molecule has 0 N–H and O–H groups in total. The van der Waals surface area contributed by atoms with Crippen molar-refractivity contribution in [2.45, 2.75) is 33.1 Å². The molecule has 0 amide bonds. The fourth-order valence-electron chi connectivity index (χ4n) is 4.36. The zero-order valence-corrected chi connectivity index (χ0v) is 19.1. The molecule has 162 valence electrons. The highest BCUT2D eigenvalue weighted by Gasteiger charge is 2.22. The Kier molecular flexibility index (Phi) is 4.18. The Bertz CT molecular complexity index is 1650. The van der Waals surface area contributed by atoms with Crippen LogP contribution in [0.3, 0.4) is 0 Å². The second-order valence-electron chi connectivity index (χ2n) is 9.50. The minimum Gasteiger partial charge on any atom is -0.437 e. The van der Waals surface area contributed by atoms with E-state index >= 15 is 0 Å². The highest BCUT2D eigenvalue weighted by Crippen LogP contribution is 2.37. The van der Waals surface area contributed by atoms with Gasteiger partial charge in [-0.1, -0.05) is 51.1 Å². The summed E-state index contributed by atoms with van der Waals surface area (Å²) in [7, 11) is 0. The predicted octanol–water partition coefficient (Wildman–Crippen LogP) is 6.99. The Balaban J connectivity index is 1.71. The van der Waals surface area contributed by atoms with E-state index in [1.165, 1.54) is 0 Å². The normalized spacial score (nSPS) is 12.2. The average molecular weight is 433 g/mol. The van der Waals surface area contributed by atoms with Crippen molar-refractivity contribution >= 4 is 33.1 Å². The maximum absolute atomic E-state index is 6.30. The Labute approximate surface area is 191 Å². The van der Waals surface area contributed by atoms with Crippen molar-refractivity contribution in [2.75, 3.05) is 0 Å². The number of hydrogen-bond donors (Lipinski definition) is 0. The molecule has 4 heterocycles. The number of rotatable bonds is 2. The van der Waals surface area contributed by atoms with Crippen molar-refractivity contribution in [2.24, 2.45) is 0 Å². The Morgan fingerprint density at radius 3 is 2.45 bits per heavy atom. The molecule has 0 fully saturated rings. The largest absolute Gasteiger partial charge is 0.437 e. The number of nitrogens with zero attached hydrogens (tertiary/aromatic N) is 4. The Hall–Kier alpha value is -3.99. The molecule has 5 heteroatoms. The summed E-state index contributed by atoms with van der Waals surface area (Å²) in [6.45, 7) is 8.50. The van der Waals surface area contributed by atoms with Gasteiger partial charge in [-0.25, -0.2) is 9.97 Å². The van der Waals surface area contributed by atoms with Crippen LogP contribution in [-0.4, -0.2) is 19.5 Å². The van der Waals surface area contributed by atoms with Crippen molar-refractivity contribution in [1.29, 1.82) is 0 Å². The molecule has 0 aliphatic heterocycles. The molecular formula is C28H24N4O. The third-order valence-electron chi connectivity index (χ3n) is 6.07. The van der Waals surface area contributed by atoms with Gasteiger partial charge in [-0.15, -0.1) is 0 Å². The topological polar surface area (TPSA) is 56.7 Å². The van der Waals surface area contributed by atoms with E-state index < -0.39 is 0 Å². The van der Waals surface area contributed by atoms with Crippen LogP contribution in [0.1, 0.15) is 32.2 Å². The molecule has 5 nitrogen and oxygen atoms in total. The summed E-state index contributed by atoms with van der Waals surface area (Å²) in [5, 5.41) is 2.05. The van der Waals surface area contributed by atoms with Crippen molar-refractivity contribution in [1.82, 2.24) is 19.5 Å². The van der Waals surface area contributed by atoms with Crippen molar-refractivity contribution < 1.29 is 4.42 Å². The van der Waals surface area contributed by atoms with Crippen molar-refractivity contribution in [3.8, 4) is 17.1 Å². The molecular weight excluding hydrogens is 408 g/mol. The molecule has 6 rings (SSSR count). The number of pyridine rings is 2. The Morgan fingerprint density at radius 2 is 1.67 bits per heavy atom. The number of aryl methyl sites for hydroxylation is 1. The van der Waals surface area contributed by atoms with Crippen molar-refractivity contribution in [3.05, 3.63) is 84.3 Å². The molecule has 2 aromatic carbocycles. The van der Waals surface area contributed by atoms with Gasteiger partial charge in [0.1, 0.15) is 16.9 Å². The van der Waals surface area contributed by atoms with Gasteiger partial charge in [0.2, 0.25) is 5.71 Å². The van der Waals surface area contributed by atoms with Crippen LogP contribution >= 0.6 is 0 Å². The molecule has 4 aromatic heterocycles. The molecule has 33 heavy (non-hydrogen) atoms. The highest BCUT2D eigenvalue weighted by atomic mass is 16.3. The second-order valence-corrected chi connectivity index (χ2v) is 9.50. The number of hydrogen-bond acceptors (Lipinski definition) is 4. The summed E-state index contributed by atoms with van der Waals surface area (Å²) in [5.74, 6) is 0.824. The van der Waals surface area contributed by atoms with Gasteiger partial charge in [-0.3, -0.25) is 9.55 Å². The number of benzene rings is 2. The van der Waals surface area contributed by atoms with E-state index in [9.17, 15) is 0 Å². The SMILES string of the molecule is Cc1ccc2c(n1)oc1c(-c3nc4cnc(C(C)(C)C)cc4n3-c3ccccc3)cccc12. The van der Waals surface area contributed by atoms with E-state index in [0.29, 0.717) is 5.71 Å². The lowest BCUT2D eigenvalue weighted by Crippen LogP contribution is -2.13. The fourth-order valence-corrected chi connectivity index (χ4v) is 4.36. The standard InChI is InChI=1S/C28H24N4O/c1-17-13-14-20-19-11-8-12-21(25(19)33-27(20)30-17)26-31-22-16-29-24(28(2,3)4)15-23(22)32(26)18-9-6-5-7-10-18/h5-16H,1-4H3. The lowest BCUT2D eigenvalue weighted by molar-refractivity contribution is 0.570. The first-order valence-electron chi connectivity index (χ1n) is 11.1. The summed E-state index contributed by atoms with van der Waals surface area (Å²) >= 11 is 0. The maximum atomic E-state index is 6.30. The van der Waals surface area contributed by atoms with E-state index in [1.54, 1.807) is 0 Å². The van der Waals surface area contributed by atoms with Crippen LogP contribution in [0.25, 0.3) is 50.2 Å². The molecule has 0 unspecified atom stereocenters. The smallest absolute Gasteiger partial charge is 0.227 e. The van der Waals surface area contributed by atoms with Gasteiger partial charge in [0.25, 0.3) is 0 Å². The molecule has 0 aliphatic carbocycles. The number of imidazole rings is 1. The molecule has 0 saturated heterocycles. The Morgan fingerprint density at radius 1 is 0.848 bits per heavy atom. The van der Waals surface area contributed by atoms with Gasteiger partial charge < -0.3 is 4.42 Å². The van der Waals surface area contributed by atoms with Gasteiger partial charge in [0.15, 0.2) is 0 Å². The van der Waals surface area contributed by atoms with Crippen LogP contribution in [-0.2, 0) is 5.41 Å². The maximum Gasteiger partial charge on any atom is 0.227 e. The predicted molar refractivity (Wildman–Crippen MR) is 133 cm³/mol. The van der Waals surface area contributed by atoms with E-state index in [-0.39, 0.29) is 5.41 Å². The average Bonchev–Trinajstić information content (AvgIpc) is 3.36. The number of aromatic nitrogens is 4. The van der Waals surface area contributed by atoms with Gasteiger partial charge in [-0.05, 0) is 43.3 Å². The molecule has 0 saturated carbocycles. The fraction of sp³-hybridized carbons (Fsp3) is 0.179. The van der Waals surface area contributed by atoms with E-state index in [0.717, 1.165) is 55.9 Å². The van der Waals surface area contributed by atoms with Crippen LogP contribution in [0.4, 0.5) is 0 Å². The zero-order chi connectivity index (χ0) is 22.7. The summed E-state index contributed by atoms with van der Waals surface area (Å²) < 4.78 is 8.50. The number of furan rings is 1. The first-order valence-corrected chi connectivity index (χ1v) is 11.1. The molecule has 6 aromatic rings. The van der Waals surface area contributed by atoms with Crippen LogP contribution < -0.4 is 0 Å². The number of para-hydroxylation sites is 2. The van der Waals surface area contributed by atoms with E-state index in [4.69, 9.17) is 14.4 Å². The quantitative estimate of drug-likeness (QED) is 0.296. The lowest BCUT2D eigenvalue weighted by atomic mass is 9.91. The van der Waals surface area contributed by atoms with Gasteiger partial charge in [-0.2, -0.15) is 0 Å². The van der Waals surface area contributed by atoms with Crippen LogP contribution in [0.2, 0.25) is 0 Å². The van der Waals surface area contributed by atoms with Gasteiger partial charge in [0.05, 0.1) is 17.3 Å². The molecule has 0 spiro atoms. The lowest BCUT2D eigenvalue weighted by Gasteiger charge is -2.18. The third-order valence-corrected chi connectivity index (χ3v) is 6.07. The summed E-state index contributed by atoms with van der Waals surface area (Å²) in [6, 6.07) is 22.8. The van der Waals surface area contributed by atoms with Crippen molar-refractivity contribution in [3.63, 3.8) is 0 Å². The van der Waals surface area contributed by atoms with E-state index in [1.807, 2.05) is 37.4 Å². The third kappa shape index (κ3) is 3.11. The molecule has 0 aliphatic rings. The van der Waals surface area contributed by atoms with Gasteiger partial charge in [0, 0.05) is 33.3 Å². The molecule has 0 bridgehead atoms. The van der Waals surface area contributed by atoms with Gasteiger partial charge >= 0.3 is 0 Å². The monoisotopic (exact) mass is 432 g/mol. The molecule has 0 radical (unpaired) electrons. The van der Waals surface area contributed by atoms with Crippen LogP contribution in [0, 0.1) is 6.92 Å². The van der Waals surface area contributed by atoms with E-state index in [2.05, 4.69) is 72.8 Å². The first kappa shape index (κ1) is 19.7.